The predicted octanol–water partition coefficient (Wildman–Crippen LogP) is 2.98. The number of hydrogen-bond donors (Lipinski definition) is 0. The highest BCUT2D eigenvalue weighted by molar-refractivity contribution is 6.33. The molecule has 0 aliphatic carbocycles. The number of ketones is 1. The monoisotopic (exact) mass is 278 g/mol. The van der Waals surface area contributed by atoms with Crippen molar-refractivity contribution >= 4 is 11.8 Å². The van der Waals surface area contributed by atoms with Gasteiger partial charge >= 0.3 is 5.97 Å². The van der Waals surface area contributed by atoms with E-state index in [1.165, 1.54) is 0 Å². The van der Waals surface area contributed by atoms with Crippen molar-refractivity contribution in [1.29, 1.82) is 0 Å². The van der Waals surface area contributed by atoms with Crippen LogP contribution in [0.15, 0.2) is 18.2 Å². The lowest BCUT2D eigenvalue weighted by Gasteiger charge is -2.08. The number of Topliss-reactive ketones (excluding diaryl/α,β-unsaturated/α-hetero) is 1. The van der Waals surface area contributed by atoms with Crippen LogP contribution in [0.5, 0.6) is 5.75 Å². The molecule has 20 heavy (non-hydrogen) atoms. The molecule has 0 amide bonds. The predicted molar refractivity (Wildman–Crippen MR) is 76.9 cm³/mol. The van der Waals surface area contributed by atoms with E-state index in [0.717, 1.165) is 23.3 Å². The van der Waals surface area contributed by atoms with E-state index in [4.69, 9.17) is 4.74 Å². The minimum Gasteiger partial charge on any atom is -0.494 e. The Hall–Kier alpha value is -1.84. The second kappa shape index (κ2) is 8.35. The maximum atomic E-state index is 11.3. The Labute approximate surface area is 120 Å². The van der Waals surface area contributed by atoms with Crippen molar-refractivity contribution in [3.63, 3.8) is 0 Å². The number of esters is 1. The van der Waals surface area contributed by atoms with Crippen molar-refractivity contribution in [1.82, 2.24) is 0 Å². The molecule has 0 atom stereocenters. The summed E-state index contributed by atoms with van der Waals surface area (Å²) in [6.07, 6.45) is 1.58. The zero-order valence-corrected chi connectivity index (χ0v) is 12.4. The van der Waals surface area contributed by atoms with Gasteiger partial charge < -0.3 is 9.47 Å². The number of hydrogen-bond acceptors (Lipinski definition) is 4. The highest BCUT2D eigenvalue weighted by atomic mass is 16.5. The van der Waals surface area contributed by atoms with Gasteiger partial charge in [0.15, 0.2) is 0 Å². The summed E-state index contributed by atoms with van der Waals surface area (Å²) in [6, 6.07) is 6.05. The zero-order chi connectivity index (χ0) is 15.0. The molecule has 0 fully saturated rings. The van der Waals surface area contributed by atoms with E-state index >= 15 is 0 Å². The van der Waals surface area contributed by atoms with E-state index in [0.29, 0.717) is 13.0 Å². The summed E-state index contributed by atoms with van der Waals surface area (Å²) in [6.45, 7) is 6.51. The van der Waals surface area contributed by atoms with Crippen LogP contribution in [-0.2, 0) is 14.3 Å². The fourth-order valence-electron chi connectivity index (χ4n) is 1.91. The lowest BCUT2D eigenvalue weighted by molar-refractivity contribution is -0.153. The summed E-state index contributed by atoms with van der Waals surface area (Å²) < 4.78 is 10.3. The zero-order valence-electron chi connectivity index (χ0n) is 12.4. The van der Waals surface area contributed by atoms with Crippen LogP contribution in [0.25, 0.3) is 0 Å². The summed E-state index contributed by atoms with van der Waals surface area (Å²) in [7, 11) is 0. The van der Waals surface area contributed by atoms with Gasteiger partial charge in [0.1, 0.15) is 5.75 Å². The van der Waals surface area contributed by atoms with Crippen LogP contribution in [0.3, 0.4) is 0 Å². The van der Waals surface area contributed by atoms with E-state index in [9.17, 15) is 9.59 Å². The first kappa shape index (κ1) is 16.2. The minimum absolute atomic E-state index is 0.217. The Balaban J connectivity index is 2.22. The van der Waals surface area contributed by atoms with Gasteiger partial charge in [0.25, 0.3) is 0 Å². The first-order chi connectivity index (χ1) is 9.52. The van der Waals surface area contributed by atoms with E-state index in [1.807, 2.05) is 26.0 Å². The van der Waals surface area contributed by atoms with Crippen molar-refractivity contribution in [3.8, 4) is 5.75 Å². The summed E-state index contributed by atoms with van der Waals surface area (Å²) >= 11 is 0. The molecule has 0 unspecified atom stereocenters. The van der Waals surface area contributed by atoms with Crippen molar-refractivity contribution < 1.29 is 19.1 Å². The van der Waals surface area contributed by atoms with Gasteiger partial charge in [-0.2, -0.15) is 0 Å². The van der Waals surface area contributed by atoms with Crippen LogP contribution >= 0.6 is 0 Å². The first-order valence-electron chi connectivity index (χ1n) is 6.94. The molecule has 0 bridgehead atoms. The lowest BCUT2D eigenvalue weighted by atomic mass is 10.1. The van der Waals surface area contributed by atoms with Crippen LogP contribution in [0, 0.1) is 13.8 Å². The maximum Gasteiger partial charge on any atom is 0.374 e. The topological polar surface area (TPSA) is 52.6 Å². The normalized spacial score (nSPS) is 10.2. The third kappa shape index (κ3) is 5.87. The van der Waals surface area contributed by atoms with Gasteiger partial charge in [0, 0.05) is 6.42 Å². The smallest absolute Gasteiger partial charge is 0.374 e. The average Bonchev–Trinajstić information content (AvgIpc) is 2.37. The minimum atomic E-state index is -0.734. The van der Waals surface area contributed by atoms with Gasteiger partial charge in [0.05, 0.1) is 13.2 Å². The third-order valence-electron chi connectivity index (χ3n) is 2.77. The second-order valence-corrected chi connectivity index (χ2v) is 4.77. The average molecular weight is 278 g/mol. The molecule has 0 aromatic heterocycles. The molecule has 0 radical (unpaired) electrons. The Morgan fingerprint density at radius 2 is 1.70 bits per heavy atom. The Kier molecular flexibility index (Phi) is 6.77. The molecule has 0 heterocycles. The SMILES string of the molecule is CCOC(=O)C(=O)CCCCOc1cc(C)cc(C)c1. The number of rotatable bonds is 8. The summed E-state index contributed by atoms with van der Waals surface area (Å²) in [5.41, 5.74) is 2.33. The summed E-state index contributed by atoms with van der Waals surface area (Å²) in [5.74, 6) is -0.347. The van der Waals surface area contributed by atoms with Gasteiger partial charge in [-0.05, 0) is 56.9 Å². The fraction of sp³-hybridized carbons (Fsp3) is 0.500. The van der Waals surface area contributed by atoms with Crippen molar-refractivity contribution in [2.24, 2.45) is 0 Å². The van der Waals surface area contributed by atoms with Crippen molar-refractivity contribution in [2.45, 2.75) is 40.0 Å². The number of carbonyl (C=O) groups is 2. The molecule has 4 heteroatoms. The van der Waals surface area contributed by atoms with Crippen LogP contribution in [0.4, 0.5) is 0 Å². The van der Waals surface area contributed by atoms with Gasteiger partial charge in [-0.3, -0.25) is 4.79 Å². The van der Waals surface area contributed by atoms with Crippen molar-refractivity contribution in [2.75, 3.05) is 13.2 Å². The Morgan fingerprint density at radius 1 is 1.05 bits per heavy atom. The summed E-state index contributed by atoms with van der Waals surface area (Å²) in [4.78, 5) is 22.4. The van der Waals surface area contributed by atoms with Gasteiger partial charge in [-0.25, -0.2) is 4.79 Å². The molecule has 4 nitrogen and oxygen atoms in total. The van der Waals surface area contributed by atoms with E-state index < -0.39 is 11.8 Å². The van der Waals surface area contributed by atoms with E-state index in [2.05, 4.69) is 10.8 Å². The largest absolute Gasteiger partial charge is 0.494 e. The molecule has 1 aromatic carbocycles. The number of benzene rings is 1. The van der Waals surface area contributed by atoms with Crippen LogP contribution in [-0.4, -0.2) is 25.0 Å². The van der Waals surface area contributed by atoms with E-state index in [-0.39, 0.29) is 13.0 Å². The highest BCUT2D eigenvalue weighted by Crippen LogP contribution is 2.16. The molecule has 0 aliphatic rings. The summed E-state index contributed by atoms with van der Waals surface area (Å²) in [5, 5.41) is 0. The standard InChI is InChI=1S/C16H22O4/c1-4-19-16(18)15(17)7-5-6-8-20-14-10-12(2)9-13(3)11-14/h9-11H,4-8H2,1-3H3. The molecule has 0 saturated carbocycles. The quantitative estimate of drug-likeness (QED) is 0.417. The molecular weight excluding hydrogens is 256 g/mol. The molecule has 1 rings (SSSR count). The molecule has 0 N–H and O–H groups in total. The number of aryl methyl sites for hydroxylation is 2. The lowest BCUT2D eigenvalue weighted by Crippen LogP contribution is -2.17. The van der Waals surface area contributed by atoms with Gasteiger partial charge in [-0.15, -0.1) is 0 Å². The maximum absolute atomic E-state index is 11.3. The third-order valence-corrected chi connectivity index (χ3v) is 2.77. The van der Waals surface area contributed by atoms with Crippen LogP contribution < -0.4 is 4.74 Å². The molecule has 0 saturated heterocycles. The number of unbranched alkanes of at least 4 members (excludes halogenated alkanes) is 1. The Bertz CT molecular complexity index is 445. The molecule has 0 aliphatic heterocycles. The Morgan fingerprint density at radius 3 is 2.30 bits per heavy atom. The number of carbonyl (C=O) groups excluding carboxylic acids is 2. The van der Waals surface area contributed by atoms with Crippen molar-refractivity contribution in [3.05, 3.63) is 29.3 Å². The fourth-order valence-corrected chi connectivity index (χ4v) is 1.91. The molecule has 110 valence electrons. The van der Waals surface area contributed by atoms with Gasteiger partial charge in [0.2, 0.25) is 5.78 Å². The van der Waals surface area contributed by atoms with Gasteiger partial charge in [-0.1, -0.05) is 6.07 Å². The molecular formula is C16H22O4. The molecule has 0 spiro atoms. The number of ether oxygens (including phenoxy) is 2. The first-order valence-corrected chi connectivity index (χ1v) is 6.94. The van der Waals surface area contributed by atoms with Crippen LogP contribution in [0.1, 0.15) is 37.3 Å². The highest BCUT2D eigenvalue weighted by Gasteiger charge is 2.13. The molecule has 1 aromatic rings. The second-order valence-electron chi connectivity index (χ2n) is 4.77. The van der Waals surface area contributed by atoms with Crippen LogP contribution in [0.2, 0.25) is 0 Å². The van der Waals surface area contributed by atoms with E-state index in [1.54, 1.807) is 6.92 Å².